The SMILES string of the molecule is C[SiH](C)[Zr]([c]1cc2ccccc2[nH]1)([CH]1C=Cc2ccccc21)[C](C)(C)C.Cl.Cl. The summed E-state index contributed by atoms with van der Waals surface area (Å²) in [5.74, 6) is -0.915. The number of rotatable bonds is 3. The van der Waals surface area contributed by atoms with Gasteiger partial charge in [0.25, 0.3) is 0 Å². The first-order valence-electron chi connectivity index (χ1n) is 9.71. The monoisotopic (exact) mass is 509 g/mol. The molecular formula is C23H31Cl2NSiZr. The number of halogens is 2. The molecule has 28 heavy (non-hydrogen) atoms. The molecule has 0 bridgehead atoms. The number of para-hydroxylation sites is 1. The molecule has 5 heteroatoms. The fourth-order valence-electron chi connectivity index (χ4n) is 5.52. The summed E-state index contributed by atoms with van der Waals surface area (Å²) in [4.78, 5) is 3.93. The van der Waals surface area contributed by atoms with E-state index in [4.69, 9.17) is 0 Å². The van der Waals surface area contributed by atoms with Gasteiger partial charge in [0.1, 0.15) is 0 Å². The second-order valence-electron chi connectivity index (χ2n) is 9.01. The topological polar surface area (TPSA) is 15.8 Å². The van der Waals surface area contributed by atoms with E-state index in [2.05, 4.69) is 106 Å². The van der Waals surface area contributed by atoms with Gasteiger partial charge in [-0.2, -0.15) is 0 Å². The Hall–Kier alpha value is -0.600. The Bertz CT molecular complexity index is 956. The third-order valence-corrected chi connectivity index (χ3v) is 43.4. The first kappa shape index (κ1) is 23.7. The minimum absolute atomic E-state index is 0. The molecule has 0 saturated heterocycles. The van der Waals surface area contributed by atoms with Crippen LogP contribution in [0.3, 0.4) is 0 Å². The van der Waals surface area contributed by atoms with Gasteiger partial charge in [0, 0.05) is 0 Å². The van der Waals surface area contributed by atoms with Gasteiger partial charge in [-0.05, 0) is 0 Å². The predicted molar refractivity (Wildman–Crippen MR) is 129 cm³/mol. The molecule has 0 saturated carbocycles. The van der Waals surface area contributed by atoms with E-state index in [0.29, 0.717) is 6.75 Å². The number of aromatic nitrogens is 1. The maximum Gasteiger partial charge on any atom is -0.147 e. The zero-order valence-corrected chi connectivity index (χ0v) is 22.6. The largest absolute Gasteiger partial charge is 0.147 e. The molecule has 2 atom stereocenters. The summed E-state index contributed by atoms with van der Waals surface area (Å²) in [6.45, 7) is 12.8. The van der Waals surface area contributed by atoms with Gasteiger partial charge in [0.15, 0.2) is 0 Å². The first-order valence-corrected chi connectivity index (χ1v) is 20.7. The number of fused-ring (bicyclic) bond motifs is 2. The summed E-state index contributed by atoms with van der Waals surface area (Å²) in [6.07, 6.45) is 4.95. The molecule has 0 spiro atoms. The van der Waals surface area contributed by atoms with Crippen LogP contribution >= 0.6 is 24.8 Å². The van der Waals surface area contributed by atoms with Crippen molar-refractivity contribution in [1.82, 2.24) is 4.98 Å². The zero-order valence-electron chi connectivity index (χ0n) is 17.3. The fraction of sp³-hybridized carbons (Fsp3) is 0.304. The van der Waals surface area contributed by atoms with Gasteiger partial charge in [-0.1, -0.05) is 0 Å². The quantitative estimate of drug-likeness (QED) is 0.374. The summed E-state index contributed by atoms with van der Waals surface area (Å²) in [5, 5.41) is 1.37. The van der Waals surface area contributed by atoms with Crippen LogP contribution in [0.15, 0.2) is 60.7 Å². The molecule has 0 fully saturated rings. The van der Waals surface area contributed by atoms with Crippen molar-refractivity contribution in [3.05, 3.63) is 71.8 Å². The van der Waals surface area contributed by atoms with Gasteiger partial charge in [-0.15, -0.1) is 24.8 Å². The van der Waals surface area contributed by atoms with Crippen LogP contribution in [0.5, 0.6) is 0 Å². The molecule has 1 aromatic heterocycles. The van der Waals surface area contributed by atoms with Crippen molar-refractivity contribution in [3.8, 4) is 0 Å². The van der Waals surface area contributed by atoms with Gasteiger partial charge in [0.05, 0.1) is 0 Å². The van der Waals surface area contributed by atoms with E-state index in [1.807, 2.05) is 0 Å². The van der Waals surface area contributed by atoms with Crippen LogP contribution in [0.4, 0.5) is 0 Å². The van der Waals surface area contributed by atoms with Crippen molar-refractivity contribution in [2.45, 2.75) is 40.6 Å². The molecule has 0 radical (unpaired) electrons. The van der Waals surface area contributed by atoms with Crippen molar-refractivity contribution >= 4 is 51.1 Å². The minimum Gasteiger partial charge on any atom is -0.147 e. The van der Waals surface area contributed by atoms with Crippen molar-refractivity contribution in [1.29, 1.82) is 0 Å². The van der Waals surface area contributed by atoms with Gasteiger partial charge in [-0.3, -0.25) is 0 Å². The maximum atomic E-state index is 3.93. The average molecular weight is 512 g/mol. The third-order valence-electron chi connectivity index (χ3n) is 6.42. The van der Waals surface area contributed by atoms with Gasteiger partial charge < -0.3 is 0 Å². The Kier molecular flexibility index (Phi) is 7.31. The molecule has 4 rings (SSSR count). The molecule has 2 unspecified atom stereocenters. The van der Waals surface area contributed by atoms with Crippen molar-refractivity contribution in [2.75, 3.05) is 0 Å². The van der Waals surface area contributed by atoms with Crippen LogP contribution in [0, 0.1) is 0 Å². The number of hydrogen-bond acceptors (Lipinski definition) is 0. The van der Waals surface area contributed by atoms with Gasteiger partial charge >= 0.3 is 163 Å². The van der Waals surface area contributed by atoms with Gasteiger partial charge in [0.2, 0.25) is 0 Å². The standard InChI is InChI=1S/C9H7.C8H6N.C4H9.C2H7Si.2ClH.Zr/c1-2-5-9-7-3-6-8(9)4-1;1-2-4-8-7(3-1)5-6-9-8;1-4(2)3;1-3-2;;;/h1-7H;1-5,9H;1-3H3;3H,1-2H3;2*1H;. The Morgan fingerprint density at radius 3 is 2.21 bits per heavy atom. The molecule has 1 N–H and O–H groups in total. The van der Waals surface area contributed by atoms with E-state index < -0.39 is 25.4 Å². The van der Waals surface area contributed by atoms with Crippen molar-refractivity contribution < 1.29 is 19.4 Å². The van der Waals surface area contributed by atoms with E-state index in [1.165, 1.54) is 16.5 Å². The average Bonchev–Trinajstić information content (AvgIpc) is 3.19. The Balaban J connectivity index is 0.00000140. The second-order valence-corrected chi connectivity index (χ2v) is 36.0. The summed E-state index contributed by atoms with van der Waals surface area (Å²) in [7, 11) is 0. The fourth-order valence-corrected chi connectivity index (χ4v) is 43.6. The summed E-state index contributed by atoms with van der Waals surface area (Å²) >= 11 is -2.87. The normalized spacial score (nSPS) is 17.7. The number of H-pyrrole nitrogens is 1. The van der Waals surface area contributed by atoms with E-state index in [-0.39, 0.29) is 24.8 Å². The molecule has 1 aliphatic rings. The molecule has 1 nitrogen and oxygen atoms in total. The second kappa shape index (κ2) is 8.64. The number of nitrogens with one attached hydrogen (secondary N) is 1. The van der Waals surface area contributed by atoms with Crippen LogP contribution in [0.25, 0.3) is 17.0 Å². The number of allylic oxidation sites excluding steroid dienone is 1. The molecule has 150 valence electrons. The van der Waals surface area contributed by atoms with Crippen LogP contribution in [0.2, 0.25) is 16.2 Å². The summed E-state index contributed by atoms with van der Waals surface area (Å²) in [6, 6.07) is 20.4. The number of aromatic amines is 1. The molecule has 1 heterocycles. The van der Waals surface area contributed by atoms with E-state index in [9.17, 15) is 0 Å². The molecule has 0 aliphatic heterocycles. The van der Waals surface area contributed by atoms with Gasteiger partial charge in [-0.25, -0.2) is 0 Å². The van der Waals surface area contributed by atoms with Crippen LogP contribution in [0.1, 0.15) is 35.5 Å². The third kappa shape index (κ3) is 3.54. The van der Waals surface area contributed by atoms with E-state index >= 15 is 0 Å². The summed E-state index contributed by atoms with van der Waals surface area (Å²) in [5.41, 5.74) is 4.32. The molecule has 0 amide bonds. The number of benzene rings is 2. The smallest absolute Gasteiger partial charge is 0.147 e. The summed E-state index contributed by atoms with van der Waals surface area (Å²) < 4.78 is 2.63. The molecule has 2 aromatic carbocycles. The van der Waals surface area contributed by atoms with Crippen LogP contribution < -0.4 is 3.40 Å². The molecule has 1 aliphatic carbocycles. The van der Waals surface area contributed by atoms with E-state index in [1.54, 1.807) is 8.97 Å². The van der Waals surface area contributed by atoms with Crippen LogP contribution in [-0.2, 0) is 19.4 Å². The Morgan fingerprint density at radius 2 is 1.57 bits per heavy atom. The Morgan fingerprint density at radius 1 is 0.929 bits per heavy atom. The predicted octanol–water partition coefficient (Wildman–Crippen LogP) is 6.76. The zero-order chi connectivity index (χ0) is 18.5. The molecular weight excluding hydrogens is 480 g/mol. The van der Waals surface area contributed by atoms with Crippen LogP contribution in [-0.4, -0.2) is 10.9 Å². The van der Waals surface area contributed by atoms with E-state index in [0.717, 1.165) is 0 Å². The van der Waals surface area contributed by atoms with Crippen molar-refractivity contribution in [3.63, 3.8) is 0 Å². The molecule has 3 aromatic rings. The maximum absolute atomic E-state index is 3.93. The minimum atomic E-state index is -2.87. The number of hydrogen-bond donors (Lipinski definition) is 1. The first-order chi connectivity index (χ1) is 12.4. The van der Waals surface area contributed by atoms with Crippen molar-refractivity contribution in [2.24, 2.45) is 0 Å². The Labute approximate surface area is 186 Å².